The van der Waals surface area contributed by atoms with Crippen LogP contribution in [0.1, 0.15) is 24.3 Å². The first-order valence-corrected chi connectivity index (χ1v) is 9.03. The topological polar surface area (TPSA) is 57.2 Å². The van der Waals surface area contributed by atoms with Gasteiger partial charge < -0.3 is 24.1 Å². The van der Waals surface area contributed by atoms with Crippen LogP contribution in [-0.4, -0.2) is 36.3 Å². The van der Waals surface area contributed by atoms with E-state index in [2.05, 4.69) is 0 Å². The fourth-order valence-electron chi connectivity index (χ4n) is 3.45. The molecule has 5 heteroatoms. The van der Waals surface area contributed by atoms with Gasteiger partial charge in [-0.1, -0.05) is 67.6 Å². The lowest BCUT2D eigenvalue weighted by Gasteiger charge is -2.47. The van der Waals surface area contributed by atoms with Crippen molar-refractivity contribution in [3.63, 3.8) is 0 Å². The van der Waals surface area contributed by atoms with Gasteiger partial charge in [-0.05, 0) is 5.56 Å². The minimum Gasteiger partial charge on any atom is -0.390 e. The summed E-state index contributed by atoms with van der Waals surface area (Å²) in [6, 6.07) is 19.7. The van der Waals surface area contributed by atoms with Crippen LogP contribution in [0.25, 0.3) is 0 Å². The molecule has 26 heavy (non-hydrogen) atoms. The molecule has 0 radical (unpaired) electrons. The molecule has 0 spiro atoms. The van der Waals surface area contributed by atoms with E-state index >= 15 is 0 Å². The maximum absolute atomic E-state index is 10.8. The van der Waals surface area contributed by atoms with Crippen molar-refractivity contribution < 1.29 is 24.1 Å². The van der Waals surface area contributed by atoms with Crippen LogP contribution in [0.2, 0.25) is 0 Å². The largest absolute Gasteiger partial charge is 0.390 e. The van der Waals surface area contributed by atoms with E-state index in [-0.39, 0.29) is 12.0 Å². The van der Waals surface area contributed by atoms with E-state index in [1.54, 1.807) is 0 Å². The molecule has 2 aromatic carbocycles. The Morgan fingerprint density at radius 2 is 1.69 bits per heavy atom. The van der Waals surface area contributed by atoms with Crippen LogP contribution in [0.5, 0.6) is 0 Å². The van der Waals surface area contributed by atoms with Crippen LogP contribution < -0.4 is 0 Å². The highest BCUT2D eigenvalue weighted by Gasteiger charge is 2.48. The molecule has 2 saturated heterocycles. The van der Waals surface area contributed by atoms with Crippen molar-refractivity contribution in [2.75, 3.05) is 6.61 Å². The van der Waals surface area contributed by atoms with E-state index in [1.165, 1.54) is 0 Å². The summed E-state index contributed by atoms with van der Waals surface area (Å²) in [6.45, 7) is 2.72. The third-order valence-corrected chi connectivity index (χ3v) is 5.00. The Kier molecular flexibility index (Phi) is 5.33. The highest BCUT2D eigenvalue weighted by atomic mass is 16.7. The molecule has 4 rings (SSSR count). The maximum Gasteiger partial charge on any atom is 0.184 e. The molecule has 138 valence electrons. The van der Waals surface area contributed by atoms with E-state index in [0.717, 1.165) is 11.1 Å². The molecule has 2 aliphatic heterocycles. The SMILES string of the molecule is C[C@H]1C(O)[C@@H]2OC(c3ccccc3)OCC2O[C@H]1OCc1ccccc1. The molecule has 5 nitrogen and oxygen atoms in total. The van der Waals surface area contributed by atoms with Gasteiger partial charge in [-0.2, -0.15) is 0 Å². The van der Waals surface area contributed by atoms with Gasteiger partial charge in [-0.25, -0.2) is 0 Å². The zero-order valence-electron chi connectivity index (χ0n) is 14.7. The minimum absolute atomic E-state index is 0.200. The Labute approximate surface area is 153 Å². The zero-order chi connectivity index (χ0) is 17.9. The zero-order valence-corrected chi connectivity index (χ0v) is 14.7. The third kappa shape index (κ3) is 3.68. The van der Waals surface area contributed by atoms with Crippen LogP contribution >= 0.6 is 0 Å². The van der Waals surface area contributed by atoms with Gasteiger partial charge >= 0.3 is 0 Å². The summed E-state index contributed by atoms with van der Waals surface area (Å²) >= 11 is 0. The van der Waals surface area contributed by atoms with E-state index in [9.17, 15) is 5.11 Å². The molecule has 2 heterocycles. The van der Waals surface area contributed by atoms with Crippen LogP contribution in [-0.2, 0) is 25.6 Å². The standard InChI is InChI=1S/C21H24O5/c1-14-18(22)19-17(13-24-21(26-19)16-10-6-3-7-11-16)25-20(14)23-12-15-8-4-2-5-9-15/h2-11,14,17-22H,12-13H2,1H3/t14-,17?,18?,19+,20+,21?/m0/s1. The highest BCUT2D eigenvalue weighted by Crippen LogP contribution is 2.36. The quantitative estimate of drug-likeness (QED) is 0.913. The summed E-state index contributed by atoms with van der Waals surface area (Å²) in [7, 11) is 0. The summed E-state index contributed by atoms with van der Waals surface area (Å²) in [5, 5.41) is 10.8. The van der Waals surface area contributed by atoms with Crippen molar-refractivity contribution in [1.29, 1.82) is 0 Å². The Morgan fingerprint density at radius 1 is 1.00 bits per heavy atom. The van der Waals surface area contributed by atoms with Crippen LogP contribution in [0.15, 0.2) is 60.7 Å². The van der Waals surface area contributed by atoms with Gasteiger partial charge in [-0.15, -0.1) is 0 Å². The van der Waals surface area contributed by atoms with Crippen molar-refractivity contribution in [3.05, 3.63) is 71.8 Å². The molecule has 3 unspecified atom stereocenters. The smallest absolute Gasteiger partial charge is 0.184 e. The van der Waals surface area contributed by atoms with Gasteiger partial charge in [0.1, 0.15) is 12.2 Å². The number of hydrogen-bond donors (Lipinski definition) is 1. The van der Waals surface area contributed by atoms with Gasteiger partial charge in [0, 0.05) is 11.5 Å². The summed E-state index contributed by atoms with van der Waals surface area (Å²) in [5.74, 6) is -0.200. The average Bonchev–Trinajstić information content (AvgIpc) is 2.71. The molecular formula is C21H24O5. The van der Waals surface area contributed by atoms with Crippen molar-refractivity contribution in [3.8, 4) is 0 Å². The lowest BCUT2D eigenvalue weighted by atomic mass is 9.91. The average molecular weight is 356 g/mol. The van der Waals surface area contributed by atoms with Gasteiger partial charge in [0.15, 0.2) is 12.6 Å². The first-order chi connectivity index (χ1) is 12.7. The van der Waals surface area contributed by atoms with Gasteiger partial charge in [0.2, 0.25) is 0 Å². The highest BCUT2D eigenvalue weighted by molar-refractivity contribution is 5.17. The predicted octanol–water partition coefficient (Wildman–Crippen LogP) is 3.04. The third-order valence-electron chi connectivity index (χ3n) is 5.00. The number of aliphatic hydroxyl groups excluding tert-OH is 1. The Morgan fingerprint density at radius 3 is 2.42 bits per heavy atom. The first-order valence-electron chi connectivity index (χ1n) is 9.03. The lowest BCUT2D eigenvalue weighted by Crippen LogP contribution is -2.59. The molecule has 2 fully saturated rings. The van der Waals surface area contributed by atoms with Crippen LogP contribution in [0.3, 0.4) is 0 Å². The second-order valence-corrected chi connectivity index (χ2v) is 6.87. The summed E-state index contributed by atoms with van der Waals surface area (Å²) in [6.07, 6.45) is -2.43. The molecular weight excluding hydrogens is 332 g/mol. The summed E-state index contributed by atoms with van der Waals surface area (Å²) < 4.78 is 23.8. The second kappa shape index (κ2) is 7.86. The van der Waals surface area contributed by atoms with E-state index in [0.29, 0.717) is 13.2 Å². The van der Waals surface area contributed by atoms with E-state index in [1.807, 2.05) is 67.6 Å². The Bertz CT molecular complexity index is 690. The van der Waals surface area contributed by atoms with E-state index < -0.39 is 24.8 Å². The molecule has 0 aromatic heterocycles. The Hall–Kier alpha value is -1.76. The monoisotopic (exact) mass is 356 g/mol. The van der Waals surface area contributed by atoms with Crippen molar-refractivity contribution in [2.45, 2.75) is 44.4 Å². The summed E-state index contributed by atoms with van der Waals surface area (Å²) in [5.41, 5.74) is 2.01. The van der Waals surface area contributed by atoms with Crippen LogP contribution in [0, 0.1) is 5.92 Å². The fraction of sp³-hybridized carbons (Fsp3) is 0.429. The van der Waals surface area contributed by atoms with Crippen molar-refractivity contribution in [1.82, 2.24) is 0 Å². The number of rotatable bonds is 4. The summed E-state index contributed by atoms with van der Waals surface area (Å²) in [4.78, 5) is 0. The molecule has 0 amide bonds. The van der Waals surface area contributed by atoms with Crippen LogP contribution in [0.4, 0.5) is 0 Å². The molecule has 1 N–H and O–H groups in total. The van der Waals surface area contributed by atoms with Gasteiger partial charge in [0.05, 0.1) is 19.3 Å². The van der Waals surface area contributed by atoms with Gasteiger partial charge in [-0.3, -0.25) is 0 Å². The molecule has 0 aliphatic carbocycles. The molecule has 0 saturated carbocycles. The number of aliphatic hydroxyl groups is 1. The molecule has 2 aromatic rings. The molecule has 2 aliphatic rings. The lowest BCUT2D eigenvalue weighted by molar-refractivity contribution is -0.353. The molecule has 0 bridgehead atoms. The number of hydrogen-bond acceptors (Lipinski definition) is 5. The van der Waals surface area contributed by atoms with E-state index in [4.69, 9.17) is 18.9 Å². The maximum atomic E-state index is 10.8. The molecule has 6 atom stereocenters. The van der Waals surface area contributed by atoms with Gasteiger partial charge in [0.25, 0.3) is 0 Å². The normalized spacial score (nSPS) is 34.2. The Balaban J connectivity index is 1.40. The van der Waals surface area contributed by atoms with Crippen molar-refractivity contribution >= 4 is 0 Å². The number of ether oxygens (including phenoxy) is 4. The first kappa shape index (κ1) is 17.6. The minimum atomic E-state index is -0.676. The predicted molar refractivity (Wildman–Crippen MR) is 95.1 cm³/mol. The van der Waals surface area contributed by atoms with Crippen molar-refractivity contribution in [2.24, 2.45) is 5.92 Å². The second-order valence-electron chi connectivity index (χ2n) is 6.87. The number of fused-ring (bicyclic) bond motifs is 1. The number of benzene rings is 2. The fourth-order valence-corrected chi connectivity index (χ4v) is 3.45.